The van der Waals surface area contributed by atoms with Gasteiger partial charge >= 0.3 is 0 Å². The van der Waals surface area contributed by atoms with Crippen LogP contribution in [0.5, 0.6) is 11.6 Å². The fourth-order valence-electron chi connectivity index (χ4n) is 1.24. The summed E-state index contributed by atoms with van der Waals surface area (Å²) in [4.78, 5) is 13.7. The summed E-state index contributed by atoms with van der Waals surface area (Å²) in [5.41, 5.74) is -0.333. The Kier molecular flexibility index (Phi) is 3.52. The van der Waals surface area contributed by atoms with Crippen molar-refractivity contribution in [2.75, 3.05) is 0 Å². The van der Waals surface area contributed by atoms with E-state index in [0.717, 1.165) is 12.1 Å². The summed E-state index contributed by atoms with van der Waals surface area (Å²) >= 11 is 3.20. The Morgan fingerprint density at radius 3 is 2.78 bits per heavy atom. The molecular formula is C11H6BrFN2O3. The number of ether oxygens (including phenoxy) is 1. The largest absolute Gasteiger partial charge is 0.435 e. The monoisotopic (exact) mass is 312 g/mol. The molecule has 2 rings (SSSR count). The van der Waals surface area contributed by atoms with Crippen LogP contribution in [0.2, 0.25) is 0 Å². The smallest absolute Gasteiger partial charge is 0.272 e. The van der Waals surface area contributed by atoms with Crippen LogP contribution in [0.25, 0.3) is 0 Å². The number of hydrogen-bond donors (Lipinski definition) is 0. The second-order valence-corrected chi connectivity index (χ2v) is 4.12. The van der Waals surface area contributed by atoms with Crippen LogP contribution in [0.1, 0.15) is 0 Å². The van der Waals surface area contributed by atoms with E-state index in [1.165, 1.54) is 12.3 Å². The van der Waals surface area contributed by atoms with Gasteiger partial charge in [0.15, 0.2) is 11.6 Å². The molecule has 18 heavy (non-hydrogen) atoms. The maximum Gasteiger partial charge on any atom is 0.272 e. The van der Waals surface area contributed by atoms with Gasteiger partial charge in [0.2, 0.25) is 5.88 Å². The Morgan fingerprint density at radius 2 is 2.17 bits per heavy atom. The van der Waals surface area contributed by atoms with Gasteiger partial charge in [-0.1, -0.05) is 0 Å². The molecule has 1 heterocycles. The summed E-state index contributed by atoms with van der Waals surface area (Å²) in [5, 5.41) is 10.5. The fraction of sp³-hybridized carbons (Fsp3) is 0. The van der Waals surface area contributed by atoms with E-state index < -0.39 is 10.7 Å². The van der Waals surface area contributed by atoms with E-state index in [1.54, 1.807) is 12.1 Å². The van der Waals surface area contributed by atoms with Gasteiger partial charge in [0.1, 0.15) is 0 Å². The van der Waals surface area contributed by atoms with Crippen molar-refractivity contribution in [3.05, 3.63) is 56.9 Å². The zero-order valence-electron chi connectivity index (χ0n) is 8.84. The summed E-state index contributed by atoms with van der Waals surface area (Å²) in [6, 6.07) is 6.52. The van der Waals surface area contributed by atoms with Crippen LogP contribution in [0.4, 0.5) is 10.1 Å². The number of rotatable bonds is 3. The number of pyridine rings is 1. The summed E-state index contributed by atoms with van der Waals surface area (Å²) < 4.78 is 19.3. The molecule has 0 atom stereocenters. The Balaban J connectivity index is 2.30. The lowest BCUT2D eigenvalue weighted by Gasteiger charge is -2.06. The van der Waals surface area contributed by atoms with E-state index >= 15 is 0 Å². The fourth-order valence-corrected chi connectivity index (χ4v) is 1.57. The van der Waals surface area contributed by atoms with Crippen LogP contribution in [-0.4, -0.2) is 9.91 Å². The van der Waals surface area contributed by atoms with Crippen LogP contribution in [0.15, 0.2) is 41.0 Å². The average molecular weight is 313 g/mol. The van der Waals surface area contributed by atoms with Gasteiger partial charge in [0, 0.05) is 12.3 Å². The van der Waals surface area contributed by atoms with E-state index in [2.05, 4.69) is 20.9 Å². The molecule has 1 aromatic carbocycles. The number of nitrogens with zero attached hydrogens (tertiary/aromatic N) is 2. The van der Waals surface area contributed by atoms with E-state index in [1.807, 2.05) is 0 Å². The molecule has 0 unspecified atom stereocenters. The molecule has 0 aliphatic carbocycles. The van der Waals surface area contributed by atoms with Crippen LogP contribution in [0.3, 0.4) is 0 Å². The second-order valence-electron chi connectivity index (χ2n) is 3.26. The number of hydrogen-bond acceptors (Lipinski definition) is 4. The highest BCUT2D eigenvalue weighted by Crippen LogP contribution is 2.30. The third kappa shape index (κ3) is 2.62. The van der Waals surface area contributed by atoms with Crippen LogP contribution in [0, 0.1) is 15.9 Å². The van der Waals surface area contributed by atoms with Crippen molar-refractivity contribution in [3.63, 3.8) is 0 Å². The van der Waals surface area contributed by atoms with Crippen molar-refractivity contribution in [2.45, 2.75) is 0 Å². The quantitative estimate of drug-likeness (QED) is 0.640. The number of nitro benzene ring substituents is 1. The number of nitro groups is 1. The molecule has 0 radical (unpaired) electrons. The van der Waals surface area contributed by atoms with Crippen LogP contribution >= 0.6 is 15.9 Å². The van der Waals surface area contributed by atoms with Gasteiger partial charge < -0.3 is 4.74 Å². The Hall–Kier alpha value is -2.02. The highest BCUT2D eigenvalue weighted by molar-refractivity contribution is 9.10. The van der Waals surface area contributed by atoms with Gasteiger partial charge in [-0.15, -0.1) is 0 Å². The van der Waals surface area contributed by atoms with Crippen molar-refractivity contribution in [2.24, 2.45) is 0 Å². The average Bonchev–Trinajstić information content (AvgIpc) is 2.34. The molecule has 1 aromatic heterocycles. The minimum atomic E-state index is -0.818. The highest BCUT2D eigenvalue weighted by atomic mass is 79.9. The third-order valence-electron chi connectivity index (χ3n) is 2.06. The maximum absolute atomic E-state index is 13.6. The topological polar surface area (TPSA) is 65.3 Å². The molecule has 2 aromatic rings. The Bertz CT molecular complexity index is 607. The molecule has 0 fully saturated rings. The number of halogens is 2. The van der Waals surface area contributed by atoms with Gasteiger partial charge in [-0.05, 0) is 34.1 Å². The molecule has 7 heteroatoms. The summed E-state index contributed by atoms with van der Waals surface area (Å²) in [6.45, 7) is 0. The van der Waals surface area contributed by atoms with Gasteiger partial charge in [-0.3, -0.25) is 10.1 Å². The molecule has 0 saturated carbocycles. The van der Waals surface area contributed by atoms with Gasteiger partial charge in [0.25, 0.3) is 5.69 Å². The first-order chi connectivity index (χ1) is 8.58. The Labute approximate surface area is 110 Å². The highest BCUT2D eigenvalue weighted by Gasteiger charge is 2.13. The normalized spacial score (nSPS) is 10.1. The zero-order chi connectivity index (χ0) is 13.1. The molecule has 0 spiro atoms. The third-order valence-corrected chi connectivity index (χ3v) is 2.66. The predicted molar refractivity (Wildman–Crippen MR) is 65.1 cm³/mol. The van der Waals surface area contributed by atoms with Crippen LogP contribution < -0.4 is 4.74 Å². The minimum Gasteiger partial charge on any atom is -0.435 e. The second kappa shape index (κ2) is 5.09. The minimum absolute atomic E-state index is 0.125. The summed E-state index contributed by atoms with van der Waals surface area (Å²) in [6.07, 6.45) is 1.49. The maximum atomic E-state index is 13.6. The molecule has 0 aliphatic heterocycles. The van der Waals surface area contributed by atoms with E-state index in [4.69, 9.17) is 4.74 Å². The van der Waals surface area contributed by atoms with Crippen molar-refractivity contribution < 1.29 is 14.1 Å². The molecule has 0 N–H and O–H groups in total. The first-order valence-electron chi connectivity index (χ1n) is 4.80. The lowest BCUT2D eigenvalue weighted by atomic mass is 10.3. The molecule has 0 amide bonds. The van der Waals surface area contributed by atoms with Gasteiger partial charge in [-0.25, -0.2) is 9.37 Å². The van der Waals surface area contributed by atoms with E-state index in [9.17, 15) is 14.5 Å². The van der Waals surface area contributed by atoms with Crippen molar-refractivity contribution in [3.8, 4) is 11.6 Å². The van der Waals surface area contributed by atoms with Crippen molar-refractivity contribution in [1.29, 1.82) is 0 Å². The molecule has 92 valence electrons. The molecular weight excluding hydrogens is 307 g/mol. The van der Waals surface area contributed by atoms with Gasteiger partial charge in [-0.2, -0.15) is 0 Å². The Morgan fingerprint density at radius 1 is 1.39 bits per heavy atom. The zero-order valence-corrected chi connectivity index (χ0v) is 10.4. The number of non-ortho nitro benzene ring substituents is 1. The molecule has 5 nitrogen and oxygen atoms in total. The predicted octanol–water partition coefficient (Wildman–Crippen LogP) is 3.68. The lowest BCUT2D eigenvalue weighted by Crippen LogP contribution is -1.94. The number of benzene rings is 1. The van der Waals surface area contributed by atoms with E-state index in [0.29, 0.717) is 4.47 Å². The SMILES string of the molecule is O=[N+]([O-])c1ccc(Oc2ncccc2Br)c(F)c1. The standard InChI is InChI=1S/C11H6BrFN2O3/c12-8-2-1-5-14-11(8)18-10-4-3-7(15(16)17)6-9(10)13/h1-6H. The molecule has 0 bridgehead atoms. The summed E-state index contributed by atoms with van der Waals surface area (Å²) in [7, 11) is 0. The van der Waals surface area contributed by atoms with Crippen LogP contribution in [-0.2, 0) is 0 Å². The van der Waals surface area contributed by atoms with Gasteiger partial charge in [0.05, 0.1) is 15.5 Å². The number of aromatic nitrogens is 1. The first kappa shape index (κ1) is 12.4. The lowest BCUT2D eigenvalue weighted by molar-refractivity contribution is -0.385. The van der Waals surface area contributed by atoms with Crippen molar-refractivity contribution in [1.82, 2.24) is 4.98 Å². The first-order valence-corrected chi connectivity index (χ1v) is 5.59. The molecule has 0 saturated heterocycles. The van der Waals surface area contributed by atoms with Crippen molar-refractivity contribution >= 4 is 21.6 Å². The summed E-state index contributed by atoms with van der Waals surface area (Å²) in [5.74, 6) is -0.757. The molecule has 0 aliphatic rings. The van der Waals surface area contributed by atoms with E-state index in [-0.39, 0.29) is 17.3 Å².